The number of halogens is 2. The Hall–Kier alpha value is -2.64. The van der Waals surface area contributed by atoms with Gasteiger partial charge in [0.05, 0.1) is 12.7 Å². The first kappa shape index (κ1) is 18.4. The van der Waals surface area contributed by atoms with Crippen molar-refractivity contribution < 1.29 is 32.6 Å². The van der Waals surface area contributed by atoms with Crippen molar-refractivity contribution in [1.29, 1.82) is 0 Å². The summed E-state index contributed by atoms with van der Waals surface area (Å²) in [5.41, 5.74) is 0.0341. The normalized spacial score (nSPS) is 11.5. The molecule has 0 spiro atoms. The summed E-state index contributed by atoms with van der Waals surface area (Å²) in [6, 6.07) is 3.58. The topological polar surface area (TPSA) is 73.9 Å². The number of rotatable bonds is 8. The van der Waals surface area contributed by atoms with Crippen LogP contribution in [-0.2, 0) is 9.53 Å². The molecule has 0 aromatic heterocycles. The third-order valence-electron chi connectivity index (χ3n) is 2.69. The number of methoxy groups -OCH3 is 1. The molecule has 0 heterocycles. The van der Waals surface area contributed by atoms with Crippen LogP contribution in [0.15, 0.2) is 30.9 Å². The fraction of sp³-hybridized carbons (Fsp3) is 0.333. The van der Waals surface area contributed by atoms with Crippen LogP contribution in [0.4, 0.5) is 8.78 Å². The number of hydrogen-bond acceptors (Lipinski definition) is 5. The van der Waals surface area contributed by atoms with Gasteiger partial charge in [-0.3, -0.25) is 4.79 Å². The first-order valence-corrected chi connectivity index (χ1v) is 6.61. The Bertz CT molecular complexity index is 577. The lowest BCUT2D eigenvalue weighted by Crippen LogP contribution is -2.35. The van der Waals surface area contributed by atoms with E-state index in [0.717, 1.165) is 6.07 Å². The Morgan fingerprint density at radius 2 is 2.04 bits per heavy atom. The molecule has 6 nitrogen and oxygen atoms in total. The molecular formula is C15H17F2NO5. The van der Waals surface area contributed by atoms with E-state index in [1.165, 1.54) is 32.2 Å². The van der Waals surface area contributed by atoms with Gasteiger partial charge in [0.1, 0.15) is 0 Å². The minimum Gasteiger partial charge on any atom is -0.493 e. The fourth-order valence-corrected chi connectivity index (χ4v) is 1.59. The Labute approximate surface area is 132 Å². The average molecular weight is 329 g/mol. The van der Waals surface area contributed by atoms with Gasteiger partial charge in [-0.2, -0.15) is 8.78 Å². The predicted molar refractivity (Wildman–Crippen MR) is 77.7 cm³/mol. The first-order valence-electron chi connectivity index (χ1n) is 6.61. The van der Waals surface area contributed by atoms with Crippen LogP contribution in [0.3, 0.4) is 0 Å². The minimum absolute atomic E-state index is 0.0341. The summed E-state index contributed by atoms with van der Waals surface area (Å²) < 4.78 is 38.6. The van der Waals surface area contributed by atoms with Gasteiger partial charge in [0, 0.05) is 6.54 Å². The van der Waals surface area contributed by atoms with Crippen LogP contribution < -0.4 is 14.8 Å². The molecule has 23 heavy (non-hydrogen) atoms. The fourth-order valence-electron chi connectivity index (χ4n) is 1.59. The number of nitrogens with one attached hydrogen (secondary N) is 1. The zero-order valence-electron chi connectivity index (χ0n) is 12.7. The predicted octanol–water partition coefficient (Wildman–Crippen LogP) is 2.14. The quantitative estimate of drug-likeness (QED) is 0.584. The Morgan fingerprint density at radius 3 is 2.61 bits per heavy atom. The summed E-state index contributed by atoms with van der Waals surface area (Å²) in [5.74, 6) is -1.55. The third kappa shape index (κ3) is 5.57. The second kappa shape index (κ2) is 8.72. The highest BCUT2D eigenvalue weighted by Gasteiger charge is 2.20. The van der Waals surface area contributed by atoms with Crippen LogP contribution in [-0.4, -0.2) is 38.2 Å². The molecule has 1 atom stereocenters. The lowest BCUT2D eigenvalue weighted by atomic mass is 10.2. The van der Waals surface area contributed by atoms with Crippen molar-refractivity contribution in [1.82, 2.24) is 5.32 Å². The van der Waals surface area contributed by atoms with Gasteiger partial charge in [0.15, 0.2) is 17.6 Å². The molecular weight excluding hydrogens is 312 g/mol. The Morgan fingerprint density at radius 1 is 1.35 bits per heavy atom. The molecule has 8 heteroatoms. The van der Waals surface area contributed by atoms with Crippen molar-refractivity contribution in [2.45, 2.75) is 19.6 Å². The largest absolute Gasteiger partial charge is 0.493 e. The highest BCUT2D eigenvalue weighted by molar-refractivity contribution is 5.92. The molecule has 1 N–H and O–H groups in total. The summed E-state index contributed by atoms with van der Waals surface area (Å²) in [6.45, 7) is 2.08. The van der Waals surface area contributed by atoms with E-state index < -0.39 is 24.6 Å². The number of benzene rings is 1. The second-order valence-electron chi connectivity index (χ2n) is 4.33. The molecule has 0 bridgehead atoms. The third-order valence-corrected chi connectivity index (χ3v) is 2.69. The van der Waals surface area contributed by atoms with Crippen LogP contribution >= 0.6 is 0 Å². The molecule has 126 valence electrons. The van der Waals surface area contributed by atoms with E-state index in [9.17, 15) is 18.4 Å². The molecule has 0 unspecified atom stereocenters. The van der Waals surface area contributed by atoms with E-state index in [2.05, 4.69) is 16.6 Å². The summed E-state index contributed by atoms with van der Waals surface area (Å²) in [7, 11) is 1.24. The lowest BCUT2D eigenvalue weighted by Gasteiger charge is -2.14. The monoisotopic (exact) mass is 329 g/mol. The molecule has 0 radical (unpaired) electrons. The summed E-state index contributed by atoms with van der Waals surface area (Å²) in [4.78, 5) is 23.6. The number of esters is 1. The molecule has 0 aliphatic rings. The van der Waals surface area contributed by atoms with Crippen LogP contribution in [0.2, 0.25) is 0 Å². The van der Waals surface area contributed by atoms with Gasteiger partial charge in [-0.1, -0.05) is 6.08 Å². The van der Waals surface area contributed by atoms with E-state index in [0.29, 0.717) is 0 Å². The van der Waals surface area contributed by atoms with Crippen LogP contribution in [0.5, 0.6) is 11.5 Å². The zero-order valence-corrected chi connectivity index (χ0v) is 12.7. The van der Waals surface area contributed by atoms with Crippen LogP contribution in [0.25, 0.3) is 0 Å². The molecule has 1 aromatic rings. The maximum absolute atomic E-state index is 12.2. The van der Waals surface area contributed by atoms with Gasteiger partial charge in [0.25, 0.3) is 5.91 Å². The SMILES string of the molecule is C=CCNC(=O)[C@H](C)OC(=O)c1ccc(OC(F)F)c(OC)c1. The highest BCUT2D eigenvalue weighted by Crippen LogP contribution is 2.29. The van der Waals surface area contributed by atoms with Crippen molar-refractivity contribution in [2.24, 2.45) is 0 Å². The first-order chi connectivity index (χ1) is 10.9. The van der Waals surface area contributed by atoms with Gasteiger partial charge in [-0.25, -0.2) is 4.79 Å². The standard InChI is InChI=1S/C15H17F2NO5/c1-4-7-18-13(19)9(2)22-14(20)10-5-6-11(23-15(16)17)12(8-10)21-3/h4-6,8-9,15H,1,7H2,2-3H3,(H,18,19)/t9-/m0/s1. The number of hydrogen-bond donors (Lipinski definition) is 1. The number of carbonyl (C=O) groups excluding carboxylic acids is 2. The van der Waals surface area contributed by atoms with Crippen molar-refractivity contribution in [3.8, 4) is 11.5 Å². The summed E-state index contributed by atoms with van der Waals surface area (Å²) in [6.07, 6.45) is 0.462. The van der Waals surface area contributed by atoms with Crippen LogP contribution in [0, 0.1) is 0 Å². The molecule has 0 fully saturated rings. The Balaban J connectivity index is 2.80. The van der Waals surface area contributed by atoms with E-state index in [-0.39, 0.29) is 23.6 Å². The smallest absolute Gasteiger partial charge is 0.387 e. The zero-order chi connectivity index (χ0) is 17.4. The maximum atomic E-state index is 12.2. The number of alkyl halides is 2. The van der Waals surface area contributed by atoms with E-state index in [1.54, 1.807) is 0 Å². The minimum atomic E-state index is -3.02. The molecule has 0 saturated carbocycles. The van der Waals surface area contributed by atoms with Gasteiger partial charge in [-0.15, -0.1) is 6.58 Å². The highest BCUT2D eigenvalue weighted by atomic mass is 19.3. The van der Waals surface area contributed by atoms with E-state index in [1.807, 2.05) is 0 Å². The van der Waals surface area contributed by atoms with Crippen molar-refractivity contribution in [3.63, 3.8) is 0 Å². The molecule has 1 amide bonds. The maximum Gasteiger partial charge on any atom is 0.387 e. The molecule has 0 saturated heterocycles. The molecule has 0 aliphatic heterocycles. The van der Waals surface area contributed by atoms with E-state index >= 15 is 0 Å². The lowest BCUT2D eigenvalue weighted by molar-refractivity contribution is -0.128. The number of amides is 1. The number of carbonyl (C=O) groups is 2. The molecule has 0 aliphatic carbocycles. The molecule has 1 aromatic carbocycles. The van der Waals surface area contributed by atoms with Gasteiger partial charge < -0.3 is 19.5 Å². The van der Waals surface area contributed by atoms with Crippen molar-refractivity contribution >= 4 is 11.9 Å². The van der Waals surface area contributed by atoms with Gasteiger partial charge in [-0.05, 0) is 25.1 Å². The second-order valence-corrected chi connectivity index (χ2v) is 4.33. The van der Waals surface area contributed by atoms with Crippen molar-refractivity contribution in [2.75, 3.05) is 13.7 Å². The number of ether oxygens (including phenoxy) is 3. The van der Waals surface area contributed by atoms with Gasteiger partial charge in [0.2, 0.25) is 0 Å². The summed E-state index contributed by atoms with van der Waals surface area (Å²) >= 11 is 0. The Kier molecular flexibility index (Phi) is 6.98. The van der Waals surface area contributed by atoms with Gasteiger partial charge >= 0.3 is 12.6 Å². The summed E-state index contributed by atoms with van der Waals surface area (Å²) in [5, 5.41) is 2.48. The average Bonchev–Trinajstić information content (AvgIpc) is 2.52. The van der Waals surface area contributed by atoms with E-state index in [4.69, 9.17) is 9.47 Å². The van der Waals surface area contributed by atoms with Crippen molar-refractivity contribution in [3.05, 3.63) is 36.4 Å². The molecule has 1 rings (SSSR count). The van der Waals surface area contributed by atoms with Crippen LogP contribution in [0.1, 0.15) is 17.3 Å².